The van der Waals surface area contributed by atoms with E-state index >= 15 is 0 Å². The van der Waals surface area contributed by atoms with Crippen LogP contribution in [0.15, 0.2) is 4.99 Å². The van der Waals surface area contributed by atoms with E-state index in [0.29, 0.717) is 0 Å². The van der Waals surface area contributed by atoms with Crippen molar-refractivity contribution in [1.82, 2.24) is 0 Å². The molecule has 0 aliphatic carbocycles. The van der Waals surface area contributed by atoms with Crippen LogP contribution in [0.25, 0.3) is 0 Å². The van der Waals surface area contributed by atoms with Crippen LogP contribution in [-0.2, 0) is 0 Å². The number of rotatable bonds is 0. The number of nitrogens with zero attached hydrogens (tertiary/aromatic N) is 1. The number of aliphatic hydroxyl groups is 1. The normalized spacial score (nSPS) is 36.9. The van der Waals surface area contributed by atoms with Crippen molar-refractivity contribution in [2.24, 2.45) is 10.9 Å². The summed E-state index contributed by atoms with van der Waals surface area (Å²) in [6.45, 7) is 2.25. The molecular formula is C9H17NO. The van der Waals surface area contributed by atoms with E-state index < -0.39 is 6.23 Å². The molecule has 11 heavy (non-hydrogen) atoms. The Balaban J connectivity index is 2.36. The SMILES string of the molecule is C[C@H]1CCC/C=N\[C@H](O)CC1. The molecule has 1 heterocycles. The van der Waals surface area contributed by atoms with Gasteiger partial charge in [0, 0.05) is 6.21 Å². The molecule has 0 aromatic rings. The van der Waals surface area contributed by atoms with Crippen LogP contribution in [0.1, 0.15) is 39.0 Å². The molecule has 0 unspecified atom stereocenters. The van der Waals surface area contributed by atoms with Crippen LogP contribution in [0.4, 0.5) is 0 Å². The first kappa shape index (κ1) is 8.72. The summed E-state index contributed by atoms with van der Waals surface area (Å²) in [5, 5.41) is 9.26. The highest BCUT2D eigenvalue weighted by Crippen LogP contribution is 2.16. The zero-order valence-electron chi connectivity index (χ0n) is 7.16. The standard InChI is InChI=1S/C9H17NO/c1-8-4-2-3-7-10-9(11)6-5-8/h7-9,11H,2-6H2,1H3/b10-7-/t8-,9+/m0/s1. The lowest BCUT2D eigenvalue weighted by molar-refractivity contribution is 0.165. The van der Waals surface area contributed by atoms with E-state index in [2.05, 4.69) is 11.9 Å². The molecule has 0 bridgehead atoms. The fourth-order valence-corrected chi connectivity index (χ4v) is 1.41. The summed E-state index contributed by atoms with van der Waals surface area (Å²) in [6.07, 6.45) is 6.90. The third-order valence-corrected chi connectivity index (χ3v) is 2.23. The Hall–Kier alpha value is -0.370. The van der Waals surface area contributed by atoms with Gasteiger partial charge in [0.05, 0.1) is 0 Å². The molecule has 2 atom stereocenters. The average molecular weight is 155 g/mol. The third-order valence-electron chi connectivity index (χ3n) is 2.23. The van der Waals surface area contributed by atoms with Crippen LogP contribution < -0.4 is 0 Å². The van der Waals surface area contributed by atoms with E-state index in [9.17, 15) is 5.11 Å². The predicted octanol–water partition coefficient (Wildman–Crippen LogP) is 1.98. The summed E-state index contributed by atoms with van der Waals surface area (Å²) in [5.74, 6) is 0.756. The smallest absolute Gasteiger partial charge is 0.144 e. The van der Waals surface area contributed by atoms with Crippen LogP contribution >= 0.6 is 0 Å². The molecule has 1 rings (SSSR count). The van der Waals surface area contributed by atoms with Gasteiger partial charge in [-0.05, 0) is 31.6 Å². The molecule has 0 aromatic heterocycles. The lowest BCUT2D eigenvalue weighted by Crippen LogP contribution is -2.04. The second-order valence-corrected chi connectivity index (χ2v) is 3.43. The van der Waals surface area contributed by atoms with E-state index in [1.165, 1.54) is 12.8 Å². The van der Waals surface area contributed by atoms with Gasteiger partial charge in [-0.2, -0.15) is 0 Å². The zero-order valence-corrected chi connectivity index (χ0v) is 7.16. The summed E-state index contributed by atoms with van der Waals surface area (Å²) in [6, 6.07) is 0. The highest BCUT2D eigenvalue weighted by atomic mass is 16.3. The maximum atomic E-state index is 9.26. The number of hydrogen-bond donors (Lipinski definition) is 1. The number of aliphatic hydroxyl groups excluding tert-OH is 1. The Kier molecular flexibility index (Phi) is 3.57. The second kappa shape index (κ2) is 4.50. The molecule has 1 N–H and O–H groups in total. The summed E-state index contributed by atoms with van der Waals surface area (Å²) >= 11 is 0. The maximum Gasteiger partial charge on any atom is 0.144 e. The monoisotopic (exact) mass is 155 g/mol. The maximum absolute atomic E-state index is 9.26. The van der Waals surface area contributed by atoms with Crippen molar-refractivity contribution >= 4 is 6.21 Å². The average Bonchev–Trinajstić information content (AvgIpc) is 2.06. The van der Waals surface area contributed by atoms with Gasteiger partial charge in [0.25, 0.3) is 0 Å². The van der Waals surface area contributed by atoms with Crippen LogP contribution in [0, 0.1) is 5.92 Å². The van der Waals surface area contributed by atoms with Gasteiger partial charge >= 0.3 is 0 Å². The fourth-order valence-electron chi connectivity index (χ4n) is 1.41. The Morgan fingerprint density at radius 2 is 2.18 bits per heavy atom. The summed E-state index contributed by atoms with van der Waals surface area (Å²) in [5.41, 5.74) is 0. The molecule has 0 saturated carbocycles. The van der Waals surface area contributed by atoms with Crippen molar-refractivity contribution in [1.29, 1.82) is 0 Å². The lowest BCUT2D eigenvalue weighted by Gasteiger charge is -2.09. The minimum Gasteiger partial charge on any atom is -0.372 e. The number of hydrogen-bond acceptors (Lipinski definition) is 2. The molecule has 0 amide bonds. The molecule has 2 heteroatoms. The first-order chi connectivity index (χ1) is 5.29. The van der Waals surface area contributed by atoms with Crippen LogP contribution in [-0.4, -0.2) is 17.5 Å². The van der Waals surface area contributed by atoms with E-state index in [1.807, 2.05) is 6.21 Å². The molecule has 0 aromatic carbocycles. The molecule has 0 radical (unpaired) electrons. The molecule has 64 valence electrons. The largest absolute Gasteiger partial charge is 0.372 e. The highest BCUT2D eigenvalue weighted by molar-refractivity contribution is 5.57. The van der Waals surface area contributed by atoms with Gasteiger partial charge in [-0.1, -0.05) is 13.3 Å². The van der Waals surface area contributed by atoms with Crippen molar-refractivity contribution in [3.05, 3.63) is 0 Å². The first-order valence-corrected chi connectivity index (χ1v) is 4.48. The van der Waals surface area contributed by atoms with Crippen molar-refractivity contribution in [2.45, 2.75) is 45.3 Å². The van der Waals surface area contributed by atoms with Crippen molar-refractivity contribution < 1.29 is 5.11 Å². The minimum absolute atomic E-state index is 0.435. The zero-order chi connectivity index (χ0) is 8.10. The minimum atomic E-state index is -0.435. The van der Waals surface area contributed by atoms with Crippen molar-refractivity contribution in [3.8, 4) is 0 Å². The fraction of sp³-hybridized carbons (Fsp3) is 0.889. The second-order valence-electron chi connectivity index (χ2n) is 3.43. The van der Waals surface area contributed by atoms with Gasteiger partial charge in [0.1, 0.15) is 6.23 Å². The summed E-state index contributed by atoms with van der Waals surface area (Å²) < 4.78 is 0. The third kappa shape index (κ3) is 3.51. The van der Waals surface area contributed by atoms with Crippen LogP contribution in [0.3, 0.4) is 0 Å². The van der Waals surface area contributed by atoms with Crippen molar-refractivity contribution in [3.63, 3.8) is 0 Å². The van der Waals surface area contributed by atoms with E-state index in [1.54, 1.807) is 0 Å². The first-order valence-electron chi connectivity index (χ1n) is 4.48. The lowest BCUT2D eigenvalue weighted by atomic mass is 9.99. The topological polar surface area (TPSA) is 32.6 Å². The molecule has 1 aliphatic rings. The molecular weight excluding hydrogens is 138 g/mol. The summed E-state index contributed by atoms with van der Waals surface area (Å²) in [7, 11) is 0. The Labute approximate surface area is 68.3 Å². The van der Waals surface area contributed by atoms with E-state index in [-0.39, 0.29) is 0 Å². The van der Waals surface area contributed by atoms with Gasteiger partial charge < -0.3 is 5.11 Å². The summed E-state index contributed by atoms with van der Waals surface area (Å²) in [4.78, 5) is 4.01. The Bertz CT molecular complexity index is 134. The molecule has 0 fully saturated rings. The van der Waals surface area contributed by atoms with Gasteiger partial charge in [0.15, 0.2) is 0 Å². The van der Waals surface area contributed by atoms with Gasteiger partial charge in [0.2, 0.25) is 0 Å². The van der Waals surface area contributed by atoms with Crippen molar-refractivity contribution in [2.75, 3.05) is 0 Å². The van der Waals surface area contributed by atoms with Gasteiger partial charge in [-0.25, -0.2) is 0 Å². The van der Waals surface area contributed by atoms with Gasteiger partial charge in [-0.15, -0.1) is 0 Å². The van der Waals surface area contributed by atoms with Crippen LogP contribution in [0.5, 0.6) is 0 Å². The molecule has 1 aliphatic heterocycles. The quantitative estimate of drug-likeness (QED) is 0.570. The Morgan fingerprint density at radius 3 is 3.00 bits per heavy atom. The number of aliphatic imine (C=N–C) groups is 1. The molecule has 2 nitrogen and oxygen atoms in total. The van der Waals surface area contributed by atoms with Gasteiger partial charge in [-0.3, -0.25) is 4.99 Å². The molecule has 0 spiro atoms. The Morgan fingerprint density at radius 1 is 1.36 bits per heavy atom. The highest BCUT2D eigenvalue weighted by Gasteiger charge is 2.07. The van der Waals surface area contributed by atoms with E-state index in [0.717, 1.165) is 25.2 Å². The van der Waals surface area contributed by atoms with Crippen LogP contribution in [0.2, 0.25) is 0 Å². The predicted molar refractivity (Wildman–Crippen MR) is 46.7 cm³/mol. The molecule has 0 saturated heterocycles. The van der Waals surface area contributed by atoms with E-state index in [4.69, 9.17) is 0 Å².